The number of nitrogens with one attached hydrogen (secondary N) is 1. The molecule has 0 bridgehead atoms. The van der Waals surface area contributed by atoms with E-state index in [1.54, 1.807) is 12.1 Å². The van der Waals surface area contributed by atoms with Gasteiger partial charge >= 0.3 is 0 Å². The van der Waals surface area contributed by atoms with Gasteiger partial charge in [-0.25, -0.2) is 4.39 Å². The molecule has 0 saturated heterocycles. The molecule has 2 N–H and O–H groups in total. The smallest absolute Gasteiger partial charge is 0.125 e. The van der Waals surface area contributed by atoms with Crippen LogP contribution in [0.3, 0.4) is 0 Å². The first kappa shape index (κ1) is 15.1. The number of rotatable bonds is 4. The average molecular weight is 359 g/mol. The number of phenolic OH excluding ortho intramolecular Hbond substituents is 1. The molecule has 0 aromatic heterocycles. The van der Waals surface area contributed by atoms with Crippen LogP contribution >= 0.6 is 27.5 Å². The lowest BCUT2D eigenvalue weighted by Crippen LogP contribution is -2.10. The fourth-order valence-electron chi connectivity index (χ4n) is 2.00. The van der Waals surface area contributed by atoms with Crippen LogP contribution in [0.2, 0.25) is 5.02 Å². The first-order chi connectivity index (χ1) is 9.51. The quantitative estimate of drug-likeness (QED) is 0.755. The van der Waals surface area contributed by atoms with Crippen molar-refractivity contribution in [3.8, 4) is 5.75 Å². The highest BCUT2D eigenvalue weighted by atomic mass is 79.9. The highest BCUT2D eigenvalue weighted by Gasteiger charge is 2.15. The minimum atomic E-state index is -0.356. The van der Waals surface area contributed by atoms with Gasteiger partial charge in [-0.05, 0) is 42.8 Å². The first-order valence-corrected chi connectivity index (χ1v) is 7.38. The molecule has 1 atom stereocenters. The lowest BCUT2D eigenvalue weighted by atomic mass is 10.0. The van der Waals surface area contributed by atoms with Gasteiger partial charge in [0.25, 0.3) is 0 Å². The van der Waals surface area contributed by atoms with Crippen molar-refractivity contribution in [1.29, 1.82) is 0 Å². The van der Waals surface area contributed by atoms with Crippen LogP contribution in [0.1, 0.15) is 24.9 Å². The summed E-state index contributed by atoms with van der Waals surface area (Å²) in [6.45, 7) is 1.98. The molecule has 0 spiro atoms. The standard InChI is InChI=1S/C15H14BrClFNO/c1-2-13(11-7-9(16)3-6-15(11)20)19-14-8-10(18)4-5-12(14)17/h3-8,13,19-20H,2H2,1H3. The average Bonchev–Trinajstić information content (AvgIpc) is 2.42. The van der Waals surface area contributed by atoms with Crippen LogP contribution in [-0.4, -0.2) is 5.11 Å². The van der Waals surface area contributed by atoms with Crippen molar-refractivity contribution in [3.63, 3.8) is 0 Å². The van der Waals surface area contributed by atoms with Gasteiger partial charge in [-0.15, -0.1) is 0 Å². The van der Waals surface area contributed by atoms with E-state index in [2.05, 4.69) is 21.2 Å². The topological polar surface area (TPSA) is 32.3 Å². The molecular weight excluding hydrogens is 345 g/mol. The molecule has 0 saturated carbocycles. The third-order valence-corrected chi connectivity index (χ3v) is 3.85. The third kappa shape index (κ3) is 3.44. The van der Waals surface area contributed by atoms with Crippen molar-refractivity contribution in [2.75, 3.05) is 5.32 Å². The van der Waals surface area contributed by atoms with Crippen molar-refractivity contribution < 1.29 is 9.50 Å². The Balaban J connectivity index is 2.33. The fourth-order valence-corrected chi connectivity index (χ4v) is 2.55. The van der Waals surface area contributed by atoms with Gasteiger partial charge in [0.05, 0.1) is 16.8 Å². The molecule has 0 aliphatic heterocycles. The number of halogens is 3. The van der Waals surface area contributed by atoms with Crippen molar-refractivity contribution in [3.05, 3.63) is 57.3 Å². The molecule has 2 aromatic carbocycles. The fraction of sp³-hybridized carbons (Fsp3) is 0.200. The highest BCUT2D eigenvalue weighted by molar-refractivity contribution is 9.10. The van der Waals surface area contributed by atoms with Crippen LogP contribution in [-0.2, 0) is 0 Å². The maximum absolute atomic E-state index is 13.3. The summed E-state index contributed by atoms with van der Waals surface area (Å²) in [5.41, 5.74) is 1.25. The summed E-state index contributed by atoms with van der Waals surface area (Å²) in [6.07, 6.45) is 0.719. The van der Waals surface area contributed by atoms with Gasteiger partial charge in [0.15, 0.2) is 0 Å². The number of benzene rings is 2. The highest BCUT2D eigenvalue weighted by Crippen LogP contribution is 2.34. The number of anilines is 1. The van der Waals surface area contributed by atoms with Crippen LogP contribution in [0.4, 0.5) is 10.1 Å². The molecule has 0 amide bonds. The maximum Gasteiger partial charge on any atom is 0.125 e. The number of aromatic hydroxyl groups is 1. The molecule has 0 aliphatic carbocycles. The zero-order valence-electron chi connectivity index (χ0n) is 10.8. The molecule has 2 nitrogen and oxygen atoms in total. The van der Waals surface area contributed by atoms with E-state index in [4.69, 9.17) is 11.6 Å². The van der Waals surface area contributed by atoms with Gasteiger partial charge in [-0.3, -0.25) is 0 Å². The Kier molecular flexibility index (Phi) is 4.89. The Morgan fingerprint density at radius 1 is 1.30 bits per heavy atom. The summed E-state index contributed by atoms with van der Waals surface area (Å²) < 4.78 is 14.2. The van der Waals surface area contributed by atoms with E-state index in [0.717, 1.165) is 16.5 Å². The number of hydrogen-bond acceptors (Lipinski definition) is 2. The zero-order valence-corrected chi connectivity index (χ0v) is 13.2. The van der Waals surface area contributed by atoms with E-state index in [-0.39, 0.29) is 17.6 Å². The van der Waals surface area contributed by atoms with Crippen molar-refractivity contribution in [2.45, 2.75) is 19.4 Å². The van der Waals surface area contributed by atoms with Crippen LogP contribution in [0.15, 0.2) is 40.9 Å². The lowest BCUT2D eigenvalue weighted by Gasteiger charge is -2.21. The lowest BCUT2D eigenvalue weighted by molar-refractivity contribution is 0.462. The minimum absolute atomic E-state index is 0.160. The van der Waals surface area contributed by atoms with E-state index >= 15 is 0 Å². The third-order valence-electron chi connectivity index (χ3n) is 3.03. The Bertz CT molecular complexity index is 621. The number of phenols is 1. The molecule has 0 aliphatic rings. The Labute approximate surface area is 130 Å². The summed E-state index contributed by atoms with van der Waals surface area (Å²) in [6, 6.07) is 9.23. The van der Waals surface area contributed by atoms with Gasteiger partial charge in [0.2, 0.25) is 0 Å². The molecule has 20 heavy (non-hydrogen) atoms. The monoisotopic (exact) mass is 357 g/mol. The zero-order chi connectivity index (χ0) is 14.7. The van der Waals surface area contributed by atoms with Gasteiger partial charge in [-0.1, -0.05) is 34.5 Å². The van der Waals surface area contributed by atoms with E-state index in [0.29, 0.717) is 10.7 Å². The summed E-state index contributed by atoms with van der Waals surface area (Å²) in [4.78, 5) is 0. The second-order valence-corrected chi connectivity index (χ2v) is 5.76. The molecule has 1 unspecified atom stereocenters. The van der Waals surface area contributed by atoms with Crippen LogP contribution < -0.4 is 5.32 Å². The maximum atomic E-state index is 13.3. The molecule has 0 heterocycles. The molecular formula is C15H14BrClFNO. The Morgan fingerprint density at radius 2 is 2.05 bits per heavy atom. The predicted octanol–water partition coefficient (Wildman–Crippen LogP) is 5.51. The van der Waals surface area contributed by atoms with Gasteiger partial charge < -0.3 is 10.4 Å². The van der Waals surface area contributed by atoms with E-state index < -0.39 is 0 Å². The van der Waals surface area contributed by atoms with Gasteiger partial charge in [0, 0.05) is 10.0 Å². The summed E-state index contributed by atoms with van der Waals surface area (Å²) in [7, 11) is 0. The second kappa shape index (κ2) is 6.46. The van der Waals surface area contributed by atoms with Crippen LogP contribution in [0, 0.1) is 5.82 Å². The molecule has 0 fully saturated rings. The van der Waals surface area contributed by atoms with E-state index in [1.165, 1.54) is 18.2 Å². The summed E-state index contributed by atoms with van der Waals surface area (Å²) >= 11 is 9.44. The molecule has 2 aromatic rings. The summed E-state index contributed by atoms with van der Waals surface area (Å²) in [5, 5.41) is 13.6. The Hall–Kier alpha value is -1.26. The molecule has 5 heteroatoms. The predicted molar refractivity (Wildman–Crippen MR) is 83.9 cm³/mol. The van der Waals surface area contributed by atoms with Crippen LogP contribution in [0.5, 0.6) is 5.75 Å². The number of hydrogen-bond donors (Lipinski definition) is 2. The summed E-state index contributed by atoms with van der Waals surface area (Å²) in [5.74, 6) is -0.162. The van der Waals surface area contributed by atoms with Gasteiger partial charge in [0.1, 0.15) is 11.6 Å². The first-order valence-electron chi connectivity index (χ1n) is 6.21. The molecule has 106 valence electrons. The van der Waals surface area contributed by atoms with Crippen molar-refractivity contribution in [2.24, 2.45) is 0 Å². The van der Waals surface area contributed by atoms with Crippen molar-refractivity contribution in [1.82, 2.24) is 0 Å². The second-order valence-electron chi connectivity index (χ2n) is 4.43. The SMILES string of the molecule is CCC(Nc1cc(F)ccc1Cl)c1cc(Br)ccc1O. The van der Waals surface area contributed by atoms with Crippen LogP contribution in [0.25, 0.3) is 0 Å². The Morgan fingerprint density at radius 3 is 2.75 bits per heavy atom. The molecule has 2 rings (SSSR count). The van der Waals surface area contributed by atoms with E-state index in [1.807, 2.05) is 13.0 Å². The van der Waals surface area contributed by atoms with Crippen molar-refractivity contribution >= 4 is 33.2 Å². The van der Waals surface area contributed by atoms with Gasteiger partial charge in [-0.2, -0.15) is 0 Å². The largest absolute Gasteiger partial charge is 0.508 e. The normalized spacial score (nSPS) is 12.2. The molecule has 0 radical (unpaired) electrons. The minimum Gasteiger partial charge on any atom is -0.508 e. The van der Waals surface area contributed by atoms with E-state index in [9.17, 15) is 9.50 Å².